The molecule has 0 atom stereocenters. The van der Waals surface area contributed by atoms with Crippen molar-refractivity contribution in [2.24, 2.45) is 0 Å². The van der Waals surface area contributed by atoms with Crippen LogP contribution in [-0.2, 0) is 0 Å². The Morgan fingerprint density at radius 2 is 1.78 bits per heavy atom. The summed E-state index contributed by atoms with van der Waals surface area (Å²) >= 11 is 2.48. The molecule has 1 rings (SSSR count). The summed E-state index contributed by atoms with van der Waals surface area (Å²) in [5.41, 5.74) is 0. The van der Waals surface area contributed by atoms with Crippen molar-refractivity contribution in [2.45, 2.75) is 0 Å². The molecule has 1 aromatic carbocycles. The van der Waals surface area contributed by atoms with Crippen LogP contribution in [0.3, 0.4) is 0 Å². The normalized spacial score (nSPS) is 9.11. The SMILES string of the molecule is COc1ccc([As])cc1. The summed E-state index contributed by atoms with van der Waals surface area (Å²) in [6, 6.07) is 7.87. The Hall–Kier alpha value is -0.422. The van der Waals surface area contributed by atoms with E-state index in [1.54, 1.807) is 7.11 Å². The quantitative estimate of drug-likeness (QED) is 0.574. The Labute approximate surface area is 63.5 Å². The summed E-state index contributed by atoms with van der Waals surface area (Å²) < 4.78 is 6.16. The van der Waals surface area contributed by atoms with Crippen LogP contribution in [0, 0.1) is 0 Å². The summed E-state index contributed by atoms with van der Waals surface area (Å²) in [7, 11) is 1.67. The van der Waals surface area contributed by atoms with Crippen LogP contribution in [0.15, 0.2) is 24.3 Å². The molecule has 0 saturated heterocycles. The second-order valence-electron chi connectivity index (χ2n) is 1.70. The van der Waals surface area contributed by atoms with Gasteiger partial charge in [-0.15, -0.1) is 0 Å². The summed E-state index contributed by atoms with van der Waals surface area (Å²) in [5, 5.41) is 0. The zero-order valence-electron chi connectivity index (χ0n) is 5.16. The number of hydrogen-bond donors (Lipinski definition) is 0. The maximum atomic E-state index is 4.96. The predicted molar refractivity (Wildman–Crippen MR) is 38.4 cm³/mol. The van der Waals surface area contributed by atoms with Gasteiger partial charge in [-0.25, -0.2) is 0 Å². The van der Waals surface area contributed by atoms with Crippen LogP contribution in [-0.4, -0.2) is 24.0 Å². The average molecular weight is 182 g/mol. The van der Waals surface area contributed by atoms with E-state index in [9.17, 15) is 0 Å². The van der Waals surface area contributed by atoms with Gasteiger partial charge in [0.25, 0.3) is 0 Å². The van der Waals surface area contributed by atoms with Crippen LogP contribution < -0.4 is 9.09 Å². The van der Waals surface area contributed by atoms with Gasteiger partial charge in [0.2, 0.25) is 0 Å². The molecule has 2 heteroatoms. The fourth-order valence-corrected chi connectivity index (χ4v) is 0.895. The predicted octanol–water partition coefficient (Wildman–Crippen LogP) is 0.489. The Bertz CT molecular complexity index is 181. The number of hydrogen-bond acceptors (Lipinski definition) is 1. The molecule has 0 N–H and O–H groups in total. The van der Waals surface area contributed by atoms with Crippen LogP contribution in [0.4, 0.5) is 0 Å². The first-order chi connectivity index (χ1) is 4.33. The van der Waals surface area contributed by atoms with Crippen molar-refractivity contribution in [3.05, 3.63) is 24.3 Å². The van der Waals surface area contributed by atoms with Gasteiger partial charge in [0.05, 0.1) is 0 Å². The first-order valence-corrected chi connectivity index (χ1v) is 3.60. The molecule has 2 radical (unpaired) electrons. The molecular weight excluding hydrogens is 175 g/mol. The summed E-state index contributed by atoms with van der Waals surface area (Å²) in [5.74, 6) is 0.907. The molecule has 0 bridgehead atoms. The van der Waals surface area contributed by atoms with Gasteiger partial charge in [-0.3, -0.25) is 0 Å². The second kappa shape index (κ2) is 2.93. The molecule has 0 heterocycles. The van der Waals surface area contributed by atoms with Crippen molar-refractivity contribution in [1.29, 1.82) is 0 Å². The molecule has 0 aliphatic rings. The van der Waals surface area contributed by atoms with E-state index in [-0.39, 0.29) is 0 Å². The van der Waals surface area contributed by atoms with Gasteiger partial charge in [-0.1, -0.05) is 0 Å². The van der Waals surface area contributed by atoms with Crippen LogP contribution in [0.25, 0.3) is 0 Å². The van der Waals surface area contributed by atoms with Gasteiger partial charge in [0.1, 0.15) is 0 Å². The van der Waals surface area contributed by atoms with Crippen LogP contribution >= 0.6 is 0 Å². The van der Waals surface area contributed by atoms with E-state index in [1.807, 2.05) is 24.3 Å². The average Bonchev–Trinajstić information content (AvgIpc) is 1.90. The Morgan fingerprint density at radius 3 is 2.22 bits per heavy atom. The zero-order chi connectivity index (χ0) is 6.69. The number of rotatable bonds is 1. The van der Waals surface area contributed by atoms with Crippen LogP contribution in [0.5, 0.6) is 5.75 Å². The minimum absolute atomic E-state index is 0.907. The first-order valence-electron chi connectivity index (χ1n) is 2.66. The summed E-state index contributed by atoms with van der Waals surface area (Å²) in [6.07, 6.45) is 0. The molecule has 0 aromatic heterocycles. The van der Waals surface area contributed by atoms with Gasteiger partial charge in [0.15, 0.2) is 0 Å². The first kappa shape index (κ1) is 6.70. The zero-order valence-corrected chi connectivity index (χ0v) is 7.04. The molecule has 9 heavy (non-hydrogen) atoms. The van der Waals surface area contributed by atoms with Crippen molar-refractivity contribution in [3.8, 4) is 5.75 Å². The van der Waals surface area contributed by atoms with Gasteiger partial charge in [0, 0.05) is 0 Å². The summed E-state index contributed by atoms with van der Waals surface area (Å²) in [4.78, 5) is 0. The standard InChI is InChI=1S/C7H7AsO/c1-9-7-4-2-6(8)3-5-7/h2-5H,1H3. The summed E-state index contributed by atoms with van der Waals surface area (Å²) in [6.45, 7) is 0. The van der Waals surface area contributed by atoms with Gasteiger partial charge >= 0.3 is 63.1 Å². The topological polar surface area (TPSA) is 9.23 Å². The van der Waals surface area contributed by atoms with Crippen molar-refractivity contribution in [3.63, 3.8) is 0 Å². The van der Waals surface area contributed by atoms with E-state index in [4.69, 9.17) is 4.74 Å². The van der Waals surface area contributed by atoms with Gasteiger partial charge < -0.3 is 0 Å². The van der Waals surface area contributed by atoms with Gasteiger partial charge in [-0.05, 0) is 0 Å². The fourth-order valence-electron chi connectivity index (χ4n) is 0.582. The second-order valence-corrected chi connectivity index (χ2v) is 2.78. The molecule has 0 aliphatic carbocycles. The third-order valence-corrected chi connectivity index (χ3v) is 1.70. The molecule has 1 aromatic rings. The van der Waals surface area contributed by atoms with Crippen molar-refractivity contribution < 1.29 is 4.74 Å². The van der Waals surface area contributed by atoms with Crippen molar-refractivity contribution in [1.82, 2.24) is 0 Å². The van der Waals surface area contributed by atoms with E-state index in [2.05, 4.69) is 16.9 Å². The third-order valence-electron chi connectivity index (χ3n) is 1.07. The van der Waals surface area contributed by atoms with E-state index in [0.717, 1.165) is 5.75 Å². The molecule has 0 fully saturated rings. The van der Waals surface area contributed by atoms with E-state index < -0.39 is 0 Å². The maximum absolute atomic E-state index is 4.96. The molecular formula is C7H7AsO. The van der Waals surface area contributed by atoms with Gasteiger partial charge in [-0.2, -0.15) is 0 Å². The van der Waals surface area contributed by atoms with E-state index in [1.165, 1.54) is 4.35 Å². The molecule has 0 aliphatic heterocycles. The van der Waals surface area contributed by atoms with E-state index >= 15 is 0 Å². The monoisotopic (exact) mass is 182 g/mol. The van der Waals surface area contributed by atoms with E-state index in [0.29, 0.717) is 0 Å². The number of ether oxygens (including phenoxy) is 1. The number of benzene rings is 1. The molecule has 0 saturated carbocycles. The Kier molecular flexibility index (Phi) is 2.18. The molecule has 1 nitrogen and oxygen atoms in total. The molecule has 46 valence electrons. The number of methoxy groups -OCH3 is 1. The third kappa shape index (κ3) is 1.76. The molecule has 0 amide bonds. The molecule has 0 spiro atoms. The van der Waals surface area contributed by atoms with Crippen LogP contribution in [0.1, 0.15) is 0 Å². The minimum atomic E-state index is 0.907. The Morgan fingerprint density at radius 1 is 1.22 bits per heavy atom. The van der Waals surface area contributed by atoms with Crippen LogP contribution in [0.2, 0.25) is 0 Å². The molecule has 0 unspecified atom stereocenters. The Balaban J connectivity index is 2.88. The fraction of sp³-hybridized carbons (Fsp3) is 0.143. The van der Waals surface area contributed by atoms with Crippen molar-refractivity contribution in [2.75, 3.05) is 7.11 Å². The van der Waals surface area contributed by atoms with Crippen molar-refractivity contribution >= 4 is 21.2 Å².